The second-order valence-electron chi connectivity index (χ2n) is 5.94. The fourth-order valence-electron chi connectivity index (χ4n) is 3.36. The van der Waals surface area contributed by atoms with Crippen LogP contribution in [0.1, 0.15) is 31.9 Å². The Balaban J connectivity index is 1.96. The normalized spacial score (nSPS) is 19.3. The number of ether oxygens (including phenoxy) is 1. The fraction of sp³-hybridized carbons (Fsp3) is 0.263. The molecule has 2 aromatic rings. The van der Waals surface area contributed by atoms with Gasteiger partial charge in [0.1, 0.15) is 0 Å². The van der Waals surface area contributed by atoms with E-state index in [0.717, 1.165) is 23.4 Å². The van der Waals surface area contributed by atoms with E-state index in [-0.39, 0.29) is 18.0 Å². The summed E-state index contributed by atoms with van der Waals surface area (Å²) in [5.41, 5.74) is 2.75. The molecule has 24 heavy (non-hydrogen) atoms. The van der Waals surface area contributed by atoms with Crippen LogP contribution in [0.15, 0.2) is 48.5 Å². The summed E-state index contributed by atoms with van der Waals surface area (Å²) in [6, 6.07) is 15.3. The Morgan fingerprint density at radius 2 is 1.92 bits per heavy atom. The molecule has 0 saturated carbocycles. The van der Waals surface area contributed by atoms with Crippen LogP contribution in [0.2, 0.25) is 0 Å². The number of rotatable bonds is 4. The molecule has 1 amide bonds. The molecule has 3 rings (SSSR count). The van der Waals surface area contributed by atoms with Crippen molar-refractivity contribution in [2.45, 2.75) is 32.4 Å². The number of nitrogens with zero attached hydrogens (tertiary/aromatic N) is 1. The van der Waals surface area contributed by atoms with E-state index in [9.17, 15) is 9.59 Å². The summed E-state index contributed by atoms with van der Waals surface area (Å²) in [6.45, 7) is 4.06. The number of fused-ring (bicyclic) bond motifs is 1. The van der Waals surface area contributed by atoms with E-state index in [0.29, 0.717) is 12.2 Å². The van der Waals surface area contributed by atoms with Gasteiger partial charge in [-0.3, -0.25) is 9.59 Å². The summed E-state index contributed by atoms with van der Waals surface area (Å²) in [5.74, 6) is 0.532. The van der Waals surface area contributed by atoms with Crippen molar-refractivity contribution in [3.8, 4) is 5.75 Å². The van der Waals surface area contributed by atoms with Gasteiger partial charge in [-0.2, -0.15) is 0 Å². The van der Waals surface area contributed by atoms with E-state index in [1.165, 1.54) is 0 Å². The highest BCUT2D eigenvalue weighted by atomic mass is 16.5. The molecule has 1 aliphatic rings. The molecule has 2 atom stereocenters. The van der Waals surface area contributed by atoms with Crippen LogP contribution in [0.5, 0.6) is 5.75 Å². The molecule has 0 radical (unpaired) electrons. The molecule has 0 bridgehead atoms. The van der Waals surface area contributed by atoms with Gasteiger partial charge >= 0.3 is 0 Å². The summed E-state index contributed by atoms with van der Waals surface area (Å²) >= 11 is 0. The minimum absolute atomic E-state index is 0.0307. The van der Waals surface area contributed by atoms with E-state index in [2.05, 4.69) is 5.32 Å². The van der Waals surface area contributed by atoms with Crippen LogP contribution in [0.3, 0.4) is 0 Å². The maximum Gasteiger partial charge on any atom is 0.298 e. The van der Waals surface area contributed by atoms with Crippen LogP contribution in [-0.4, -0.2) is 18.4 Å². The molecule has 2 aromatic carbocycles. The van der Waals surface area contributed by atoms with Crippen molar-refractivity contribution in [3.63, 3.8) is 0 Å². The highest BCUT2D eigenvalue weighted by Gasteiger charge is 2.32. The second-order valence-corrected chi connectivity index (χ2v) is 5.94. The SMILES string of the molecule is CC(=O)N1c2ccccc2C(Nc2ccccc2OC=O)CC1C. The van der Waals surface area contributed by atoms with Crippen molar-refractivity contribution in [2.75, 3.05) is 10.2 Å². The summed E-state index contributed by atoms with van der Waals surface area (Å²) in [4.78, 5) is 24.6. The van der Waals surface area contributed by atoms with Gasteiger partial charge in [0.15, 0.2) is 5.75 Å². The number of anilines is 2. The molecule has 5 heteroatoms. The zero-order chi connectivity index (χ0) is 17.1. The fourth-order valence-corrected chi connectivity index (χ4v) is 3.36. The van der Waals surface area contributed by atoms with Crippen molar-refractivity contribution >= 4 is 23.8 Å². The summed E-state index contributed by atoms with van der Waals surface area (Å²) in [6.07, 6.45) is 0.770. The smallest absolute Gasteiger partial charge is 0.298 e. The van der Waals surface area contributed by atoms with Crippen molar-refractivity contribution in [2.24, 2.45) is 0 Å². The molecular weight excluding hydrogens is 304 g/mol. The van der Waals surface area contributed by atoms with Crippen molar-refractivity contribution in [1.29, 1.82) is 0 Å². The second kappa shape index (κ2) is 6.74. The van der Waals surface area contributed by atoms with Crippen molar-refractivity contribution in [1.82, 2.24) is 0 Å². The first kappa shape index (κ1) is 16.1. The predicted molar refractivity (Wildman–Crippen MR) is 93.2 cm³/mol. The predicted octanol–water partition coefficient (Wildman–Crippen LogP) is 3.52. The third kappa shape index (κ3) is 2.97. The zero-order valence-corrected chi connectivity index (χ0v) is 13.7. The van der Waals surface area contributed by atoms with E-state index >= 15 is 0 Å². The van der Waals surface area contributed by atoms with Gasteiger partial charge < -0.3 is 15.0 Å². The van der Waals surface area contributed by atoms with Crippen molar-refractivity contribution < 1.29 is 14.3 Å². The minimum Gasteiger partial charge on any atom is -0.427 e. The van der Waals surface area contributed by atoms with Crippen LogP contribution in [0.4, 0.5) is 11.4 Å². The number of benzene rings is 2. The van der Waals surface area contributed by atoms with E-state index < -0.39 is 0 Å². The largest absolute Gasteiger partial charge is 0.427 e. The van der Waals surface area contributed by atoms with E-state index in [1.807, 2.05) is 54.3 Å². The quantitative estimate of drug-likeness (QED) is 0.874. The molecular formula is C19H20N2O3. The average Bonchev–Trinajstić information content (AvgIpc) is 2.56. The van der Waals surface area contributed by atoms with Crippen LogP contribution in [0, 0.1) is 0 Å². The number of hydrogen-bond acceptors (Lipinski definition) is 4. The average molecular weight is 324 g/mol. The molecule has 0 spiro atoms. The monoisotopic (exact) mass is 324 g/mol. The van der Waals surface area contributed by atoms with Crippen LogP contribution in [-0.2, 0) is 9.59 Å². The number of carbonyl (C=O) groups excluding carboxylic acids is 2. The lowest BCUT2D eigenvalue weighted by atomic mass is 9.91. The summed E-state index contributed by atoms with van der Waals surface area (Å²) < 4.78 is 5.05. The Bertz CT molecular complexity index is 760. The molecule has 5 nitrogen and oxygen atoms in total. The number of amides is 1. The first-order valence-corrected chi connectivity index (χ1v) is 7.96. The Kier molecular flexibility index (Phi) is 4.51. The maximum atomic E-state index is 12.0. The maximum absolute atomic E-state index is 12.0. The molecule has 1 aliphatic heterocycles. The van der Waals surface area contributed by atoms with Crippen LogP contribution < -0.4 is 15.0 Å². The third-order valence-corrected chi connectivity index (χ3v) is 4.32. The van der Waals surface area contributed by atoms with Gasteiger partial charge in [0.25, 0.3) is 6.47 Å². The standard InChI is InChI=1S/C19H20N2O3/c1-13-11-17(20-16-8-4-6-10-19(16)24-12-22)15-7-3-5-9-18(15)21(13)14(2)23/h3-10,12-13,17,20H,11H2,1-2H3. The van der Waals surface area contributed by atoms with Gasteiger partial charge in [0.05, 0.1) is 11.7 Å². The Labute approximate surface area is 141 Å². The first-order valence-electron chi connectivity index (χ1n) is 7.96. The Hall–Kier alpha value is -2.82. The van der Waals surface area contributed by atoms with Gasteiger partial charge in [0, 0.05) is 18.7 Å². The molecule has 1 N–H and O–H groups in total. The van der Waals surface area contributed by atoms with Gasteiger partial charge in [0.2, 0.25) is 5.91 Å². The molecule has 0 aliphatic carbocycles. The number of para-hydroxylation sites is 3. The van der Waals surface area contributed by atoms with Crippen LogP contribution in [0.25, 0.3) is 0 Å². The Morgan fingerprint density at radius 1 is 1.21 bits per heavy atom. The van der Waals surface area contributed by atoms with Gasteiger partial charge in [-0.1, -0.05) is 30.3 Å². The summed E-state index contributed by atoms with van der Waals surface area (Å²) in [5, 5.41) is 3.46. The van der Waals surface area contributed by atoms with Crippen LogP contribution >= 0.6 is 0 Å². The Morgan fingerprint density at radius 3 is 2.67 bits per heavy atom. The summed E-state index contributed by atoms with van der Waals surface area (Å²) in [7, 11) is 0. The molecule has 1 heterocycles. The lowest BCUT2D eigenvalue weighted by molar-refractivity contribution is -0.120. The molecule has 0 aromatic heterocycles. The lowest BCUT2D eigenvalue weighted by Gasteiger charge is -2.39. The highest BCUT2D eigenvalue weighted by molar-refractivity contribution is 5.93. The number of hydrogen-bond donors (Lipinski definition) is 1. The van der Waals surface area contributed by atoms with Gasteiger partial charge in [-0.15, -0.1) is 0 Å². The lowest BCUT2D eigenvalue weighted by Crippen LogP contribution is -2.43. The first-order chi connectivity index (χ1) is 11.6. The van der Waals surface area contributed by atoms with E-state index in [1.54, 1.807) is 13.0 Å². The molecule has 124 valence electrons. The van der Waals surface area contributed by atoms with Gasteiger partial charge in [-0.05, 0) is 37.1 Å². The topological polar surface area (TPSA) is 58.6 Å². The third-order valence-electron chi connectivity index (χ3n) is 4.32. The molecule has 0 saturated heterocycles. The zero-order valence-electron chi connectivity index (χ0n) is 13.7. The van der Waals surface area contributed by atoms with Gasteiger partial charge in [-0.25, -0.2) is 0 Å². The van der Waals surface area contributed by atoms with E-state index in [4.69, 9.17) is 4.74 Å². The molecule has 2 unspecified atom stereocenters. The number of carbonyl (C=O) groups is 2. The highest BCUT2D eigenvalue weighted by Crippen LogP contribution is 2.40. The van der Waals surface area contributed by atoms with Crippen molar-refractivity contribution in [3.05, 3.63) is 54.1 Å². The molecule has 0 fully saturated rings. The minimum atomic E-state index is 0.0307. The number of nitrogens with one attached hydrogen (secondary N) is 1.